The normalized spacial score (nSPS) is 20.0. The number of imidazole rings is 1. The molecule has 2 aromatic rings. The molecule has 2 N–H and O–H groups in total. The van der Waals surface area contributed by atoms with E-state index >= 15 is 4.39 Å². The lowest BCUT2D eigenvalue weighted by atomic mass is 9.90. The van der Waals surface area contributed by atoms with Crippen molar-refractivity contribution in [1.29, 1.82) is 10.8 Å². The fourth-order valence-electron chi connectivity index (χ4n) is 4.96. The Morgan fingerprint density at radius 3 is 2.56 bits per heavy atom. The molecule has 2 fully saturated rings. The van der Waals surface area contributed by atoms with Crippen molar-refractivity contribution in [3.05, 3.63) is 35.7 Å². The molecule has 0 saturated carbocycles. The van der Waals surface area contributed by atoms with E-state index in [-0.39, 0.29) is 24.7 Å². The Labute approximate surface area is 202 Å². The zero-order valence-corrected chi connectivity index (χ0v) is 20.1. The number of carbonyl (C=O) groups excluding carboxylic acids is 1. The monoisotopic (exact) mass is 488 g/mol. The van der Waals surface area contributed by atoms with Gasteiger partial charge in [0.2, 0.25) is 0 Å². The highest BCUT2D eigenvalue weighted by molar-refractivity contribution is 7.98. The van der Waals surface area contributed by atoms with E-state index in [9.17, 15) is 9.18 Å². The molecule has 0 aliphatic carbocycles. The van der Waals surface area contributed by atoms with Crippen LogP contribution in [0.4, 0.5) is 8.78 Å². The van der Waals surface area contributed by atoms with Gasteiger partial charge in [-0.25, -0.2) is 13.8 Å². The number of nitrogens with zero attached hydrogens (tertiary/aromatic N) is 4. The number of piperidine rings is 2. The molecule has 1 aromatic heterocycles. The fourth-order valence-corrected chi connectivity index (χ4v) is 5.59. The molecule has 0 spiro atoms. The number of likely N-dealkylation sites (tertiary alicyclic amines) is 2. The molecule has 3 heterocycles. The van der Waals surface area contributed by atoms with Crippen molar-refractivity contribution in [2.75, 3.05) is 39.0 Å². The maximum absolute atomic E-state index is 15.7. The molecule has 7 nitrogen and oxygen atoms in total. The van der Waals surface area contributed by atoms with Crippen LogP contribution in [-0.4, -0.2) is 82.3 Å². The number of aromatic nitrogens is 2. The Bertz CT molecular complexity index is 1100. The summed E-state index contributed by atoms with van der Waals surface area (Å²) < 4.78 is 32.0. The van der Waals surface area contributed by atoms with Gasteiger partial charge >= 0.3 is 0 Å². The third-order valence-electron chi connectivity index (χ3n) is 6.86. The number of nitrogens with one attached hydrogen (secondary N) is 2. The third kappa shape index (κ3) is 4.79. The Hall–Kier alpha value is -2.59. The molecule has 34 heavy (non-hydrogen) atoms. The molecule has 0 bridgehead atoms. The van der Waals surface area contributed by atoms with Crippen LogP contribution in [0.5, 0.6) is 0 Å². The van der Waals surface area contributed by atoms with Gasteiger partial charge in [0.25, 0.3) is 5.91 Å². The number of benzene rings is 1. The van der Waals surface area contributed by atoms with Gasteiger partial charge < -0.3 is 20.3 Å². The molecule has 0 radical (unpaired) electrons. The minimum Gasteiger partial charge on any atom is -0.340 e. The lowest BCUT2D eigenvalue weighted by molar-refractivity contribution is -0.148. The predicted molar refractivity (Wildman–Crippen MR) is 131 cm³/mol. The number of thioether (sulfide) groups is 1. The van der Waals surface area contributed by atoms with Gasteiger partial charge in [-0.1, -0.05) is 17.8 Å². The standard InChI is InChI=1S/C24H30F2N6OS/c1-34-23-29-21-19(25)3-2-4-20(21)32(23)18-6-11-31(12-7-18)22(33)24(26)8-13-30(14-9-24)16-17(15-28)5-10-27/h2-5,10,15,18,27-28H,6-9,11-14,16H2,1H3/b17-5+,27-10?,28-15?. The number of carbonyl (C=O) groups is 1. The van der Waals surface area contributed by atoms with Gasteiger partial charge in [0.05, 0.1) is 5.52 Å². The summed E-state index contributed by atoms with van der Waals surface area (Å²) in [6.45, 7) is 2.27. The van der Waals surface area contributed by atoms with E-state index in [1.54, 1.807) is 17.0 Å². The van der Waals surface area contributed by atoms with Crippen LogP contribution < -0.4 is 0 Å². The van der Waals surface area contributed by atoms with Crippen molar-refractivity contribution in [1.82, 2.24) is 19.4 Å². The number of amides is 1. The van der Waals surface area contributed by atoms with Crippen molar-refractivity contribution in [2.45, 2.75) is 42.6 Å². The van der Waals surface area contributed by atoms with Crippen LogP contribution in [0, 0.1) is 16.6 Å². The zero-order chi connectivity index (χ0) is 24.3. The average molecular weight is 489 g/mol. The Kier molecular flexibility index (Phi) is 7.47. The smallest absolute Gasteiger partial charge is 0.260 e. The van der Waals surface area contributed by atoms with E-state index in [1.807, 2.05) is 17.2 Å². The Morgan fingerprint density at radius 2 is 1.94 bits per heavy atom. The molecule has 2 aliphatic heterocycles. The van der Waals surface area contributed by atoms with E-state index in [0.717, 1.165) is 16.9 Å². The minimum atomic E-state index is -1.87. The number of halogens is 2. The van der Waals surface area contributed by atoms with E-state index in [0.29, 0.717) is 56.7 Å². The number of hydrogen-bond acceptors (Lipinski definition) is 6. The quantitative estimate of drug-likeness (QED) is 0.454. The first-order chi connectivity index (χ1) is 16.4. The van der Waals surface area contributed by atoms with Crippen LogP contribution in [0.25, 0.3) is 11.0 Å². The Morgan fingerprint density at radius 1 is 1.24 bits per heavy atom. The highest BCUT2D eigenvalue weighted by Crippen LogP contribution is 2.35. The van der Waals surface area contributed by atoms with Gasteiger partial charge in [0, 0.05) is 64.0 Å². The maximum Gasteiger partial charge on any atom is 0.260 e. The summed E-state index contributed by atoms with van der Waals surface area (Å²) in [5.41, 5.74) is -0.0631. The molecular formula is C24H30F2N6OS. The van der Waals surface area contributed by atoms with Crippen molar-refractivity contribution in [3.63, 3.8) is 0 Å². The molecule has 1 amide bonds. The van der Waals surface area contributed by atoms with Gasteiger partial charge in [-0.2, -0.15) is 0 Å². The van der Waals surface area contributed by atoms with E-state index in [2.05, 4.69) is 9.55 Å². The second-order valence-corrected chi connectivity index (χ2v) is 9.67. The number of para-hydroxylation sites is 1. The summed E-state index contributed by atoms with van der Waals surface area (Å²) in [6, 6.07) is 5.04. The van der Waals surface area contributed by atoms with Crippen molar-refractivity contribution >= 4 is 41.1 Å². The van der Waals surface area contributed by atoms with E-state index in [4.69, 9.17) is 10.8 Å². The first kappa shape index (κ1) is 24.5. The molecule has 2 aliphatic rings. The van der Waals surface area contributed by atoms with Crippen LogP contribution in [0.1, 0.15) is 31.7 Å². The highest BCUT2D eigenvalue weighted by Gasteiger charge is 2.45. The topological polar surface area (TPSA) is 89.1 Å². The summed E-state index contributed by atoms with van der Waals surface area (Å²) in [5, 5.41) is 15.3. The zero-order valence-electron chi connectivity index (χ0n) is 19.3. The van der Waals surface area contributed by atoms with Crippen LogP contribution >= 0.6 is 11.8 Å². The highest BCUT2D eigenvalue weighted by atomic mass is 32.2. The minimum absolute atomic E-state index is 0.0795. The maximum atomic E-state index is 15.7. The number of alkyl halides is 1. The van der Waals surface area contributed by atoms with Crippen molar-refractivity contribution in [3.8, 4) is 0 Å². The van der Waals surface area contributed by atoms with E-state index in [1.165, 1.54) is 24.0 Å². The third-order valence-corrected chi connectivity index (χ3v) is 7.51. The van der Waals surface area contributed by atoms with Gasteiger partial charge in [-0.05, 0) is 42.9 Å². The molecular weight excluding hydrogens is 458 g/mol. The predicted octanol–water partition coefficient (Wildman–Crippen LogP) is 4.09. The summed E-state index contributed by atoms with van der Waals surface area (Å²) >= 11 is 1.47. The fraction of sp³-hybridized carbons (Fsp3) is 0.500. The van der Waals surface area contributed by atoms with Crippen LogP contribution in [0.15, 0.2) is 35.0 Å². The number of fused-ring (bicyclic) bond motifs is 1. The van der Waals surface area contributed by atoms with Crippen LogP contribution in [0.3, 0.4) is 0 Å². The lowest BCUT2D eigenvalue weighted by Crippen LogP contribution is -2.54. The SMILES string of the molecule is CSc1nc2c(F)cccc2n1C1CCN(C(=O)C2(F)CCN(C/C(C=N)=C/C=N)CC2)CC1. The first-order valence-electron chi connectivity index (χ1n) is 11.5. The molecule has 1 aromatic carbocycles. The molecule has 0 atom stereocenters. The lowest BCUT2D eigenvalue weighted by Gasteiger charge is -2.40. The van der Waals surface area contributed by atoms with Crippen molar-refractivity contribution < 1.29 is 13.6 Å². The van der Waals surface area contributed by atoms with Gasteiger partial charge in [-0.3, -0.25) is 9.69 Å². The van der Waals surface area contributed by atoms with Crippen LogP contribution in [-0.2, 0) is 4.79 Å². The molecule has 0 unspecified atom stereocenters. The summed E-state index contributed by atoms with van der Waals surface area (Å²) in [7, 11) is 0. The van der Waals surface area contributed by atoms with Crippen LogP contribution in [0.2, 0.25) is 0 Å². The second-order valence-electron chi connectivity index (χ2n) is 8.89. The van der Waals surface area contributed by atoms with Gasteiger partial charge in [0.15, 0.2) is 16.6 Å². The molecule has 4 rings (SSSR count). The summed E-state index contributed by atoms with van der Waals surface area (Å²) in [6.07, 6.45) is 7.41. The number of allylic oxidation sites excluding steroid dienone is 1. The largest absolute Gasteiger partial charge is 0.340 e. The molecule has 10 heteroatoms. The van der Waals surface area contributed by atoms with Crippen molar-refractivity contribution in [2.24, 2.45) is 0 Å². The van der Waals surface area contributed by atoms with Gasteiger partial charge in [0.1, 0.15) is 5.52 Å². The second kappa shape index (κ2) is 10.4. The molecule has 2 saturated heterocycles. The number of hydrogen-bond donors (Lipinski definition) is 2. The number of rotatable bonds is 7. The van der Waals surface area contributed by atoms with Gasteiger partial charge in [-0.15, -0.1) is 0 Å². The van der Waals surface area contributed by atoms with E-state index < -0.39 is 11.6 Å². The molecule has 182 valence electrons. The summed E-state index contributed by atoms with van der Waals surface area (Å²) in [5.74, 6) is -0.773. The average Bonchev–Trinajstić information content (AvgIpc) is 3.25. The Balaban J connectivity index is 1.39. The summed E-state index contributed by atoms with van der Waals surface area (Å²) in [4.78, 5) is 21.2. The first-order valence-corrected chi connectivity index (χ1v) is 12.7.